The molecule has 3 N–H and O–H groups in total. The molecule has 0 fully saturated rings. The van der Waals surface area contributed by atoms with Crippen molar-refractivity contribution in [1.29, 1.82) is 0 Å². The molecule has 0 spiro atoms. The zero-order valence-electron chi connectivity index (χ0n) is 23.2. The van der Waals surface area contributed by atoms with Gasteiger partial charge in [-0.3, -0.25) is 14.4 Å². The average molecular weight is 604 g/mol. The van der Waals surface area contributed by atoms with Gasteiger partial charge in [0, 0.05) is 21.8 Å². The third-order valence-corrected chi connectivity index (χ3v) is 7.21. The van der Waals surface area contributed by atoms with Gasteiger partial charge in [-0.1, -0.05) is 60.2 Å². The largest absolute Gasteiger partial charge is 0.416 e. The molecule has 0 aliphatic carbocycles. The van der Waals surface area contributed by atoms with Gasteiger partial charge in [0.1, 0.15) is 5.70 Å². The molecule has 43 heavy (non-hydrogen) atoms. The molecule has 0 bridgehead atoms. The first-order valence-electron chi connectivity index (χ1n) is 13.2. The van der Waals surface area contributed by atoms with Gasteiger partial charge in [-0.2, -0.15) is 13.2 Å². The van der Waals surface area contributed by atoms with Crippen LogP contribution in [-0.2, 0) is 15.8 Å². The lowest BCUT2D eigenvalue weighted by Crippen LogP contribution is -2.30. The van der Waals surface area contributed by atoms with Crippen molar-refractivity contribution in [1.82, 2.24) is 5.32 Å². The third-order valence-electron chi connectivity index (χ3n) is 6.11. The van der Waals surface area contributed by atoms with Crippen LogP contribution in [-0.4, -0.2) is 23.0 Å². The van der Waals surface area contributed by atoms with E-state index in [4.69, 9.17) is 0 Å². The minimum Gasteiger partial charge on any atom is -0.325 e. The lowest BCUT2D eigenvalue weighted by molar-refractivity contribution is -0.137. The molecule has 0 heterocycles. The maximum absolute atomic E-state index is 13.4. The number of halogens is 3. The van der Waals surface area contributed by atoms with Crippen molar-refractivity contribution in [3.8, 4) is 0 Å². The number of anilines is 2. The third kappa shape index (κ3) is 9.08. The summed E-state index contributed by atoms with van der Waals surface area (Å²) in [6.45, 7) is 3.55. The van der Waals surface area contributed by atoms with Crippen LogP contribution in [0.5, 0.6) is 0 Å². The van der Waals surface area contributed by atoms with Crippen molar-refractivity contribution in [2.24, 2.45) is 0 Å². The van der Waals surface area contributed by atoms with Crippen LogP contribution in [0.4, 0.5) is 24.5 Å². The number of rotatable bonds is 9. The first-order valence-corrected chi connectivity index (χ1v) is 14.1. The van der Waals surface area contributed by atoms with Gasteiger partial charge in [0.15, 0.2) is 0 Å². The van der Waals surface area contributed by atoms with E-state index in [9.17, 15) is 27.6 Å². The Balaban J connectivity index is 1.47. The second-order valence-corrected chi connectivity index (χ2v) is 11.0. The van der Waals surface area contributed by atoms with E-state index in [2.05, 4.69) is 16.0 Å². The molecule has 4 rings (SSSR count). The van der Waals surface area contributed by atoms with Crippen molar-refractivity contribution in [2.75, 3.05) is 10.6 Å². The number of alkyl halides is 3. The van der Waals surface area contributed by atoms with Crippen molar-refractivity contribution < 1.29 is 27.6 Å². The Labute approximate surface area is 251 Å². The number of hydrogen-bond acceptors (Lipinski definition) is 4. The molecule has 6 nitrogen and oxygen atoms in total. The van der Waals surface area contributed by atoms with Crippen molar-refractivity contribution >= 4 is 46.9 Å². The SMILES string of the molecule is Cc1cccc(/C=C(/NC(=O)c2ccccc2)C(=O)Nc2cccc(SC(C)C(=O)Nc3cccc(C(F)(F)F)c3)c2)c1. The van der Waals surface area contributed by atoms with E-state index in [1.54, 1.807) is 67.6 Å². The smallest absolute Gasteiger partial charge is 0.325 e. The van der Waals surface area contributed by atoms with Gasteiger partial charge in [-0.15, -0.1) is 11.8 Å². The number of carbonyl (C=O) groups is 3. The Kier molecular flexibility index (Phi) is 10.0. The highest BCUT2D eigenvalue weighted by atomic mass is 32.2. The van der Waals surface area contributed by atoms with Gasteiger partial charge < -0.3 is 16.0 Å². The van der Waals surface area contributed by atoms with Crippen molar-refractivity contribution in [2.45, 2.75) is 30.2 Å². The predicted molar refractivity (Wildman–Crippen MR) is 164 cm³/mol. The number of thioether (sulfide) groups is 1. The molecule has 0 saturated carbocycles. The van der Waals surface area contributed by atoms with Crippen LogP contribution < -0.4 is 16.0 Å². The Bertz CT molecular complexity index is 1660. The number of amides is 3. The summed E-state index contributed by atoms with van der Waals surface area (Å²) < 4.78 is 39.1. The summed E-state index contributed by atoms with van der Waals surface area (Å²) >= 11 is 1.17. The summed E-state index contributed by atoms with van der Waals surface area (Å²) in [6.07, 6.45) is -2.94. The van der Waals surface area contributed by atoms with E-state index in [-0.39, 0.29) is 11.4 Å². The number of nitrogens with one attached hydrogen (secondary N) is 3. The molecule has 4 aromatic carbocycles. The van der Waals surface area contributed by atoms with Gasteiger partial charge >= 0.3 is 6.18 Å². The van der Waals surface area contributed by atoms with Crippen LogP contribution in [0, 0.1) is 6.92 Å². The van der Waals surface area contributed by atoms with Gasteiger partial charge in [-0.05, 0) is 74.0 Å². The van der Waals surface area contributed by atoms with E-state index in [0.717, 1.165) is 23.3 Å². The summed E-state index contributed by atoms with van der Waals surface area (Å²) in [4.78, 5) is 39.6. The summed E-state index contributed by atoms with van der Waals surface area (Å²) in [5.41, 5.74) is 1.74. The molecule has 0 saturated heterocycles. The zero-order valence-corrected chi connectivity index (χ0v) is 24.1. The quantitative estimate of drug-likeness (QED) is 0.136. The molecule has 1 atom stereocenters. The minimum atomic E-state index is -4.52. The van der Waals surface area contributed by atoms with E-state index in [1.807, 2.05) is 31.2 Å². The van der Waals surface area contributed by atoms with E-state index in [0.29, 0.717) is 16.1 Å². The molecule has 1 unspecified atom stereocenters. The molecule has 10 heteroatoms. The summed E-state index contributed by atoms with van der Waals surface area (Å²) in [6, 6.07) is 27.2. The lowest BCUT2D eigenvalue weighted by atomic mass is 10.1. The van der Waals surface area contributed by atoms with E-state index >= 15 is 0 Å². The molecule has 0 radical (unpaired) electrons. The normalized spacial score (nSPS) is 12.3. The summed E-state index contributed by atoms with van der Waals surface area (Å²) in [5, 5.41) is 7.35. The Hall–Kier alpha value is -4.83. The fraction of sp³-hybridized carbons (Fsp3) is 0.121. The Morgan fingerprint density at radius 1 is 0.791 bits per heavy atom. The fourth-order valence-electron chi connectivity index (χ4n) is 3.99. The first kappa shape index (κ1) is 31.1. The second-order valence-electron chi connectivity index (χ2n) is 9.60. The number of aryl methyl sites for hydroxylation is 1. The predicted octanol–water partition coefficient (Wildman–Crippen LogP) is 7.54. The number of carbonyl (C=O) groups excluding carboxylic acids is 3. The molecule has 0 aliphatic rings. The molecular formula is C33H28F3N3O3S. The topological polar surface area (TPSA) is 87.3 Å². The summed E-state index contributed by atoms with van der Waals surface area (Å²) in [7, 11) is 0. The van der Waals surface area contributed by atoms with Crippen LogP contribution >= 0.6 is 11.8 Å². The van der Waals surface area contributed by atoms with E-state index in [1.165, 1.54) is 23.9 Å². The zero-order chi connectivity index (χ0) is 31.0. The van der Waals surface area contributed by atoms with Gasteiger partial charge in [0.2, 0.25) is 5.91 Å². The molecule has 220 valence electrons. The maximum Gasteiger partial charge on any atom is 0.416 e. The monoisotopic (exact) mass is 603 g/mol. The molecule has 0 aromatic heterocycles. The molecule has 3 amide bonds. The maximum atomic E-state index is 13.4. The second kappa shape index (κ2) is 13.9. The lowest BCUT2D eigenvalue weighted by Gasteiger charge is -2.15. The fourth-order valence-corrected chi connectivity index (χ4v) is 4.92. The minimum absolute atomic E-state index is 0.0337. The number of benzene rings is 4. The van der Waals surface area contributed by atoms with Gasteiger partial charge in [0.25, 0.3) is 11.8 Å². The highest BCUT2D eigenvalue weighted by Gasteiger charge is 2.30. The van der Waals surface area contributed by atoms with Crippen LogP contribution in [0.2, 0.25) is 0 Å². The number of hydrogen-bond donors (Lipinski definition) is 3. The Morgan fingerprint density at radius 3 is 2.16 bits per heavy atom. The van der Waals surface area contributed by atoms with Crippen molar-refractivity contribution in [3.05, 3.63) is 131 Å². The highest BCUT2D eigenvalue weighted by molar-refractivity contribution is 8.00. The van der Waals surface area contributed by atoms with Crippen LogP contribution in [0.1, 0.15) is 34.0 Å². The first-order chi connectivity index (χ1) is 20.5. The van der Waals surface area contributed by atoms with Crippen LogP contribution in [0.25, 0.3) is 6.08 Å². The molecule has 4 aromatic rings. The van der Waals surface area contributed by atoms with Gasteiger partial charge in [-0.25, -0.2) is 0 Å². The standard InChI is InChI=1S/C33H28F3N3O3S/c1-21-9-6-10-23(17-21)18-29(39-31(41)24-11-4-3-5-12-24)32(42)38-27-15-8-16-28(20-27)43-22(2)30(40)37-26-14-7-13-25(19-26)33(34,35)36/h3-20,22H,1-2H3,(H,37,40)(H,38,42)(H,39,41)/b29-18+. The highest BCUT2D eigenvalue weighted by Crippen LogP contribution is 2.31. The Morgan fingerprint density at radius 2 is 1.47 bits per heavy atom. The average Bonchev–Trinajstić information content (AvgIpc) is 2.97. The van der Waals surface area contributed by atoms with Crippen LogP contribution in [0.15, 0.2) is 114 Å². The van der Waals surface area contributed by atoms with Crippen molar-refractivity contribution in [3.63, 3.8) is 0 Å². The molecule has 0 aliphatic heterocycles. The molecular weight excluding hydrogens is 575 g/mol. The van der Waals surface area contributed by atoms with Crippen LogP contribution in [0.3, 0.4) is 0 Å². The van der Waals surface area contributed by atoms with E-state index < -0.39 is 34.7 Å². The summed E-state index contributed by atoms with van der Waals surface area (Å²) in [5.74, 6) is -1.48. The van der Waals surface area contributed by atoms with Gasteiger partial charge in [0.05, 0.1) is 10.8 Å².